The molecule has 0 aliphatic rings. The molecule has 0 unspecified atom stereocenters. The highest BCUT2D eigenvalue weighted by molar-refractivity contribution is 7.16. The number of benzene rings is 2. The van der Waals surface area contributed by atoms with Crippen molar-refractivity contribution < 1.29 is 14.3 Å². The lowest BCUT2D eigenvalue weighted by molar-refractivity contribution is 0.0996. The molecule has 0 fully saturated rings. The summed E-state index contributed by atoms with van der Waals surface area (Å²) in [6.45, 7) is 7.56. The van der Waals surface area contributed by atoms with Crippen molar-refractivity contribution in [1.82, 2.24) is 4.57 Å². The Balaban J connectivity index is 2.17. The standard InChI is InChI=1S/C21H24N2O3S/c1-5-26-17-7-6-8-18-19(17)23(11-12-25-4)21(27-18)22-20(24)16-13-14(2)9-10-15(16)3/h6-10,13H,5,11-12H2,1-4H3. The van der Waals surface area contributed by atoms with Crippen LogP contribution in [-0.2, 0) is 11.3 Å². The average molecular weight is 385 g/mol. The zero-order valence-corrected chi connectivity index (χ0v) is 16.9. The molecule has 0 atom stereocenters. The molecule has 1 aromatic heterocycles. The number of rotatable bonds is 6. The Morgan fingerprint density at radius 1 is 1.22 bits per heavy atom. The molecular formula is C21H24N2O3S. The minimum Gasteiger partial charge on any atom is -0.492 e. The molecule has 5 nitrogen and oxygen atoms in total. The minimum absolute atomic E-state index is 0.230. The predicted molar refractivity (Wildman–Crippen MR) is 109 cm³/mol. The van der Waals surface area contributed by atoms with Gasteiger partial charge >= 0.3 is 0 Å². The van der Waals surface area contributed by atoms with E-state index in [0.717, 1.165) is 27.1 Å². The maximum atomic E-state index is 12.9. The topological polar surface area (TPSA) is 52.8 Å². The highest BCUT2D eigenvalue weighted by Crippen LogP contribution is 2.27. The third-order valence-electron chi connectivity index (χ3n) is 4.30. The Hall–Kier alpha value is -2.44. The quantitative estimate of drug-likeness (QED) is 0.643. The molecule has 0 spiro atoms. The fraction of sp³-hybridized carbons (Fsp3) is 0.333. The van der Waals surface area contributed by atoms with Crippen molar-refractivity contribution in [2.75, 3.05) is 20.3 Å². The number of carbonyl (C=O) groups is 1. The summed E-state index contributed by atoms with van der Waals surface area (Å²) in [7, 11) is 1.66. The molecular weight excluding hydrogens is 360 g/mol. The van der Waals surface area contributed by atoms with Crippen LogP contribution in [0, 0.1) is 13.8 Å². The summed E-state index contributed by atoms with van der Waals surface area (Å²) in [5.74, 6) is 0.565. The first-order valence-electron chi connectivity index (χ1n) is 8.95. The second kappa shape index (κ2) is 8.50. The highest BCUT2D eigenvalue weighted by atomic mass is 32.1. The van der Waals surface area contributed by atoms with Crippen LogP contribution >= 0.6 is 11.3 Å². The zero-order valence-electron chi connectivity index (χ0n) is 16.1. The van der Waals surface area contributed by atoms with Crippen LogP contribution in [-0.4, -0.2) is 30.8 Å². The van der Waals surface area contributed by atoms with Crippen LogP contribution in [0.1, 0.15) is 28.4 Å². The molecule has 0 saturated heterocycles. The van der Waals surface area contributed by atoms with Gasteiger partial charge in [-0.15, -0.1) is 0 Å². The van der Waals surface area contributed by atoms with E-state index in [-0.39, 0.29) is 5.91 Å². The number of aromatic nitrogens is 1. The van der Waals surface area contributed by atoms with E-state index < -0.39 is 0 Å². The largest absolute Gasteiger partial charge is 0.492 e. The van der Waals surface area contributed by atoms with Gasteiger partial charge in [0.15, 0.2) is 4.80 Å². The van der Waals surface area contributed by atoms with Crippen LogP contribution in [0.15, 0.2) is 41.4 Å². The van der Waals surface area contributed by atoms with E-state index in [1.54, 1.807) is 7.11 Å². The van der Waals surface area contributed by atoms with Gasteiger partial charge in [-0.1, -0.05) is 35.1 Å². The van der Waals surface area contributed by atoms with Crippen LogP contribution in [0.4, 0.5) is 0 Å². The first kappa shape index (κ1) is 19.3. The van der Waals surface area contributed by atoms with E-state index in [2.05, 4.69) is 4.99 Å². The number of thiazole rings is 1. The smallest absolute Gasteiger partial charge is 0.279 e. The SMILES string of the molecule is CCOc1cccc2sc(=NC(=O)c3cc(C)ccc3C)n(CCOC)c12. The molecule has 0 aliphatic heterocycles. The maximum absolute atomic E-state index is 12.9. The average Bonchev–Trinajstić information content (AvgIpc) is 3.00. The van der Waals surface area contributed by atoms with Gasteiger partial charge in [-0.2, -0.15) is 4.99 Å². The first-order chi connectivity index (χ1) is 13.0. The number of methoxy groups -OCH3 is 1. The molecule has 0 N–H and O–H groups in total. The van der Waals surface area contributed by atoms with Crippen LogP contribution in [0.2, 0.25) is 0 Å². The number of amides is 1. The number of hydrogen-bond donors (Lipinski definition) is 0. The molecule has 1 amide bonds. The van der Waals surface area contributed by atoms with E-state index in [9.17, 15) is 4.79 Å². The number of aryl methyl sites for hydroxylation is 2. The Morgan fingerprint density at radius 2 is 2.04 bits per heavy atom. The van der Waals surface area contributed by atoms with Gasteiger partial charge in [0.25, 0.3) is 5.91 Å². The Morgan fingerprint density at radius 3 is 2.78 bits per heavy atom. The van der Waals surface area contributed by atoms with Crippen molar-refractivity contribution in [1.29, 1.82) is 0 Å². The van der Waals surface area contributed by atoms with Crippen LogP contribution in [0.3, 0.4) is 0 Å². The van der Waals surface area contributed by atoms with Crippen LogP contribution < -0.4 is 9.54 Å². The van der Waals surface area contributed by atoms with Gasteiger partial charge in [0.05, 0.1) is 17.9 Å². The van der Waals surface area contributed by atoms with Crippen molar-refractivity contribution in [3.63, 3.8) is 0 Å². The molecule has 0 bridgehead atoms. The Bertz CT molecular complexity index is 1030. The van der Waals surface area contributed by atoms with Gasteiger partial charge < -0.3 is 14.0 Å². The normalized spacial score (nSPS) is 11.9. The molecule has 0 saturated carbocycles. The summed E-state index contributed by atoms with van der Waals surface area (Å²) in [4.78, 5) is 18.0. The molecule has 2 aromatic carbocycles. The fourth-order valence-corrected chi connectivity index (χ4v) is 4.03. The maximum Gasteiger partial charge on any atom is 0.279 e. The summed E-state index contributed by atoms with van der Waals surface area (Å²) in [5.41, 5.74) is 3.56. The molecule has 0 aliphatic carbocycles. The molecule has 3 rings (SSSR count). The van der Waals surface area contributed by atoms with E-state index in [1.807, 2.05) is 61.7 Å². The molecule has 27 heavy (non-hydrogen) atoms. The molecule has 6 heteroatoms. The van der Waals surface area contributed by atoms with Gasteiger partial charge in [-0.25, -0.2) is 0 Å². The van der Waals surface area contributed by atoms with E-state index in [0.29, 0.717) is 30.1 Å². The highest BCUT2D eigenvalue weighted by Gasteiger charge is 2.14. The van der Waals surface area contributed by atoms with Gasteiger partial charge in [-0.05, 0) is 44.5 Å². The van der Waals surface area contributed by atoms with Crippen LogP contribution in [0.25, 0.3) is 10.2 Å². The summed E-state index contributed by atoms with van der Waals surface area (Å²) in [6, 6.07) is 11.8. The van der Waals surface area contributed by atoms with Crippen LogP contribution in [0.5, 0.6) is 5.75 Å². The summed E-state index contributed by atoms with van der Waals surface area (Å²) in [6.07, 6.45) is 0. The molecule has 3 aromatic rings. The van der Waals surface area contributed by atoms with E-state index in [1.165, 1.54) is 11.3 Å². The lowest BCUT2D eigenvalue weighted by Crippen LogP contribution is -2.20. The number of nitrogens with zero attached hydrogens (tertiary/aromatic N) is 2. The fourth-order valence-electron chi connectivity index (χ4n) is 2.96. The summed E-state index contributed by atoms with van der Waals surface area (Å²) >= 11 is 1.49. The third-order valence-corrected chi connectivity index (χ3v) is 5.35. The lowest BCUT2D eigenvalue weighted by Gasteiger charge is -2.09. The monoisotopic (exact) mass is 384 g/mol. The van der Waals surface area contributed by atoms with Gasteiger partial charge in [0.2, 0.25) is 0 Å². The number of carbonyl (C=O) groups excluding carboxylic acids is 1. The zero-order chi connectivity index (χ0) is 19.4. The molecule has 0 radical (unpaired) electrons. The third kappa shape index (κ3) is 4.12. The van der Waals surface area contributed by atoms with Crippen molar-refractivity contribution in [2.45, 2.75) is 27.3 Å². The second-order valence-corrected chi connectivity index (χ2v) is 7.31. The number of para-hydroxylation sites is 1. The summed E-state index contributed by atoms with van der Waals surface area (Å²) < 4.78 is 14.1. The number of hydrogen-bond acceptors (Lipinski definition) is 4. The molecule has 142 valence electrons. The first-order valence-corrected chi connectivity index (χ1v) is 9.77. The van der Waals surface area contributed by atoms with Crippen molar-refractivity contribution >= 4 is 27.5 Å². The summed E-state index contributed by atoms with van der Waals surface area (Å²) in [5, 5.41) is 0. The van der Waals surface area contributed by atoms with Gasteiger partial charge in [-0.3, -0.25) is 4.79 Å². The van der Waals surface area contributed by atoms with Gasteiger partial charge in [0, 0.05) is 19.2 Å². The van der Waals surface area contributed by atoms with Gasteiger partial charge in [0.1, 0.15) is 11.3 Å². The second-order valence-electron chi connectivity index (χ2n) is 6.30. The Kier molecular flexibility index (Phi) is 6.08. The van der Waals surface area contributed by atoms with Crippen molar-refractivity contribution in [3.8, 4) is 5.75 Å². The van der Waals surface area contributed by atoms with Crippen molar-refractivity contribution in [3.05, 3.63) is 57.9 Å². The predicted octanol–water partition coefficient (Wildman–Crippen LogP) is 4.11. The van der Waals surface area contributed by atoms with E-state index >= 15 is 0 Å². The Labute approximate surface area is 162 Å². The van der Waals surface area contributed by atoms with E-state index in [4.69, 9.17) is 9.47 Å². The number of ether oxygens (including phenoxy) is 2. The minimum atomic E-state index is -0.230. The number of fused-ring (bicyclic) bond motifs is 1. The molecule has 1 heterocycles. The van der Waals surface area contributed by atoms with Crippen molar-refractivity contribution in [2.24, 2.45) is 4.99 Å². The lowest BCUT2D eigenvalue weighted by atomic mass is 10.1.